The van der Waals surface area contributed by atoms with Gasteiger partial charge in [-0.05, 0) is 43.9 Å². The van der Waals surface area contributed by atoms with E-state index in [0.717, 1.165) is 6.42 Å². The van der Waals surface area contributed by atoms with E-state index in [2.05, 4.69) is 5.32 Å². The molecule has 1 aliphatic rings. The molecule has 1 aromatic carbocycles. The van der Waals surface area contributed by atoms with Crippen molar-refractivity contribution in [3.05, 3.63) is 34.3 Å². The lowest BCUT2D eigenvalue weighted by atomic mass is 9.74. The maximum Gasteiger partial charge on any atom is 0.305 e. The van der Waals surface area contributed by atoms with Gasteiger partial charge < -0.3 is 10.4 Å². The van der Waals surface area contributed by atoms with Gasteiger partial charge in [0.05, 0.1) is 12.0 Å². The van der Waals surface area contributed by atoms with Crippen LogP contribution in [0.1, 0.15) is 41.6 Å². The first kappa shape index (κ1) is 13.9. The van der Waals surface area contributed by atoms with Crippen molar-refractivity contribution < 1.29 is 14.7 Å². The number of carbonyl (C=O) groups excluding carboxylic acids is 1. The summed E-state index contributed by atoms with van der Waals surface area (Å²) < 4.78 is 0. The molecular formula is C14H16ClNO3. The molecule has 0 aliphatic heterocycles. The Morgan fingerprint density at radius 2 is 2.11 bits per heavy atom. The van der Waals surface area contributed by atoms with Gasteiger partial charge in [0.2, 0.25) is 0 Å². The van der Waals surface area contributed by atoms with E-state index >= 15 is 0 Å². The second-order valence-corrected chi connectivity index (χ2v) is 5.48. The molecule has 0 aromatic heterocycles. The molecule has 19 heavy (non-hydrogen) atoms. The van der Waals surface area contributed by atoms with E-state index in [1.165, 1.54) is 0 Å². The number of benzene rings is 1. The molecule has 0 unspecified atom stereocenters. The number of carbonyl (C=O) groups is 2. The van der Waals surface area contributed by atoms with E-state index < -0.39 is 11.5 Å². The number of amides is 1. The molecule has 1 fully saturated rings. The summed E-state index contributed by atoms with van der Waals surface area (Å²) in [6.07, 6.45) is 2.34. The van der Waals surface area contributed by atoms with Crippen LogP contribution in [0.15, 0.2) is 18.2 Å². The van der Waals surface area contributed by atoms with E-state index in [1.54, 1.807) is 25.1 Å². The number of aliphatic carboxylic acids is 1. The number of halogens is 1. The first-order valence-electron chi connectivity index (χ1n) is 6.23. The van der Waals surface area contributed by atoms with Gasteiger partial charge in [-0.3, -0.25) is 9.59 Å². The van der Waals surface area contributed by atoms with Crippen molar-refractivity contribution in [3.63, 3.8) is 0 Å². The van der Waals surface area contributed by atoms with Gasteiger partial charge >= 0.3 is 5.97 Å². The molecule has 0 heterocycles. The summed E-state index contributed by atoms with van der Waals surface area (Å²) in [5.74, 6) is -1.14. The molecule has 2 N–H and O–H groups in total. The van der Waals surface area contributed by atoms with Crippen molar-refractivity contribution in [2.24, 2.45) is 0 Å². The van der Waals surface area contributed by atoms with Gasteiger partial charge in [0.1, 0.15) is 0 Å². The van der Waals surface area contributed by atoms with Crippen LogP contribution in [0.2, 0.25) is 5.02 Å². The quantitative estimate of drug-likeness (QED) is 0.892. The van der Waals surface area contributed by atoms with Gasteiger partial charge in [0.15, 0.2) is 0 Å². The summed E-state index contributed by atoms with van der Waals surface area (Å²) in [5.41, 5.74) is 0.633. The Morgan fingerprint density at radius 1 is 1.42 bits per heavy atom. The summed E-state index contributed by atoms with van der Waals surface area (Å²) in [6, 6.07) is 5.14. The lowest BCUT2D eigenvalue weighted by Gasteiger charge is -2.41. The van der Waals surface area contributed by atoms with Gasteiger partial charge in [-0.1, -0.05) is 17.7 Å². The molecule has 1 amide bonds. The molecule has 4 nitrogen and oxygen atoms in total. The zero-order chi connectivity index (χ0) is 14.0. The summed E-state index contributed by atoms with van der Waals surface area (Å²) in [6.45, 7) is 1.78. The predicted molar refractivity (Wildman–Crippen MR) is 72.5 cm³/mol. The van der Waals surface area contributed by atoms with Crippen LogP contribution in [-0.4, -0.2) is 22.5 Å². The molecule has 0 atom stereocenters. The van der Waals surface area contributed by atoms with Gasteiger partial charge in [0.25, 0.3) is 5.91 Å². The van der Waals surface area contributed by atoms with Crippen molar-refractivity contribution in [1.82, 2.24) is 5.32 Å². The third kappa shape index (κ3) is 2.89. The van der Waals surface area contributed by atoms with Gasteiger partial charge in [-0.25, -0.2) is 0 Å². The lowest BCUT2D eigenvalue weighted by molar-refractivity contribution is -0.139. The largest absolute Gasteiger partial charge is 0.481 e. The Bertz CT molecular complexity index is 523. The summed E-state index contributed by atoms with van der Waals surface area (Å²) in [7, 11) is 0. The Hall–Kier alpha value is -1.55. The predicted octanol–water partition coefficient (Wildman–Crippen LogP) is 2.78. The van der Waals surface area contributed by atoms with Crippen LogP contribution >= 0.6 is 11.6 Å². The Kier molecular flexibility index (Phi) is 3.80. The molecule has 2 rings (SSSR count). The van der Waals surface area contributed by atoms with Crippen LogP contribution in [0.4, 0.5) is 0 Å². The van der Waals surface area contributed by atoms with Gasteiger partial charge in [0, 0.05) is 10.6 Å². The van der Waals surface area contributed by atoms with Crippen molar-refractivity contribution in [2.45, 2.75) is 38.1 Å². The smallest absolute Gasteiger partial charge is 0.305 e. The zero-order valence-corrected chi connectivity index (χ0v) is 11.5. The highest BCUT2D eigenvalue weighted by Gasteiger charge is 2.40. The van der Waals surface area contributed by atoms with E-state index in [1.807, 2.05) is 0 Å². The third-order valence-corrected chi connectivity index (χ3v) is 4.10. The SMILES string of the molecule is Cc1c(Cl)cccc1C(=O)NC1(CC(=O)O)CCC1. The van der Waals surface area contributed by atoms with Crippen molar-refractivity contribution in [3.8, 4) is 0 Å². The Labute approximate surface area is 116 Å². The molecule has 0 radical (unpaired) electrons. The molecule has 0 bridgehead atoms. The average molecular weight is 282 g/mol. The molecule has 0 saturated heterocycles. The van der Waals surface area contributed by atoms with E-state index in [-0.39, 0.29) is 12.3 Å². The molecule has 1 saturated carbocycles. The molecular weight excluding hydrogens is 266 g/mol. The fourth-order valence-corrected chi connectivity index (χ4v) is 2.58. The van der Waals surface area contributed by atoms with Gasteiger partial charge in [-0.15, -0.1) is 0 Å². The number of hydrogen-bond acceptors (Lipinski definition) is 2. The fraction of sp³-hybridized carbons (Fsp3) is 0.429. The minimum Gasteiger partial charge on any atom is -0.481 e. The Balaban J connectivity index is 2.16. The van der Waals surface area contributed by atoms with Gasteiger partial charge in [-0.2, -0.15) is 0 Å². The summed E-state index contributed by atoms with van der Waals surface area (Å²) in [4.78, 5) is 23.1. The highest BCUT2D eigenvalue weighted by atomic mass is 35.5. The zero-order valence-electron chi connectivity index (χ0n) is 10.7. The summed E-state index contributed by atoms with van der Waals surface area (Å²) in [5, 5.41) is 12.3. The maximum absolute atomic E-state index is 12.2. The molecule has 5 heteroatoms. The molecule has 1 aromatic rings. The number of carboxylic acids is 1. The van der Waals surface area contributed by atoms with E-state index in [4.69, 9.17) is 16.7 Å². The second-order valence-electron chi connectivity index (χ2n) is 5.07. The minimum absolute atomic E-state index is 0.0294. The highest BCUT2D eigenvalue weighted by molar-refractivity contribution is 6.31. The Morgan fingerprint density at radius 3 is 2.63 bits per heavy atom. The van der Waals surface area contributed by atoms with Crippen molar-refractivity contribution in [1.29, 1.82) is 0 Å². The topological polar surface area (TPSA) is 66.4 Å². The standard InChI is InChI=1S/C14H16ClNO3/c1-9-10(4-2-5-11(9)15)13(19)16-14(6-3-7-14)8-12(17)18/h2,4-5H,3,6-8H2,1H3,(H,16,19)(H,17,18). The normalized spacial score (nSPS) is 16.5. The number of nitrogens with one attached hydrogen (secondary N) is 1. The molecule has 1 aliphatic carbocycles. The highest BCUT2D eigenvalue weighted by Crippen LogP contribution is 2.35. The average Bonchev–Trinajstić information content (AvgIpc) is 2.29. The number of carboxylic acid groups (broad SMARTS) is 1. The number of rotatable bonds is 4. The van der Waals surface area contributed by atoms with Crippen LogP contribution in [-0.2, 0) is 4.79 Å². The molecule has 102 valence electrons. The van der Waals surface area contributed by atoms with Crippen molar-refractivity contribution in [2.75, 3.05) is 0 Å². The molecule has 0 spiro atoms. The van der Waals surface area contributed by atoms with E-state index in [9.17, 15) is 9.59 Å². The van der Waals surface area contributed by atoms with Crippen LogP contribution in [0.3, 0.4) is 0 Å². The van der Waals surface area contributed by atoms with Crippen LogP contribution < -0.4 is 5.32 Å². The lowest BCUT2D eigenvalue weighted by Crippen LogP contribution is -2.54. The summed E-state index contributed by atoms with van der Waals surface area (Å²) >= 11 is 5.99. The first-order valence-corrected chi connectivity index (χ1v) is 6.61. The first-order chi connectivity index (χ1) is 8.93. The monoisotopic (exact) mass is 281 g/mol. The van der Waals surface area contributed by atoms with E-state index in [0.29, 0.717) is 29.0 Å². The van der Waals surface area contributed by atoms with Crippen molar-refractivity contribution >= 4 is 23.5 Å². The van der Waals surface area contributed by atoms with Crippen LogP contribution in [0.25, 0.3) is 0 Å². The fourth-order valence-electron chi connectivity index (χ4n) is 2.40. The number of hydrogen-bond donors (Lipinski definition) is 2. The minimum atomic E-state index is -0.886. The van der Waals surface area contributed by atoms with Crippen LogP contribution in [0, 0.1) is 6.92 Å². The third-order valence-electron chi connectivity index (χ3n) is 3.69. The maximum atomic E-state index is 12.2. The van der Waals surface area contributed by atoms with Crippen LogP contribution in [0.5, 0.6) is 0 Å². The second kappa shape index (κ2) is 5.21.